The highest BCUT2D eigenvalue weighted by Gasteiger charge is 2.06. The lowest BCUT2D eigenvalue weighted by molar-refractivity contribution is 0.190. The summed E-state index contributed by atoms with van der Waals surface area (Å²) in [6, 6.07) is 10.4. The molecule has 0 aromatic heterocycles. The van der Waals surface area contributed by atoms with Gasteiger partial charge in [-0.3, -0.25) is 0 Å². The number of benzene rings is 1. The van der Waals surface area contributed by atoms with E-state index >= 15 is 0 Å². The van der Waals surface area contributed by atoms with Gasteiger partial charge in [0.1, 0.15) is 0 Å². The maximum absolute atomic E-state index is 9.26. The normalized spacial score (nSPS) is 15.1. The molecule has 1 aromatic rings. The first-order valence-electron chi connectivity index (χ1n) is 4.76. The second-order valence-corrected chi connectivity index (χ2v) is 3.66. The van der Waals surface area contributed by atoms with Crippen molar-refractivity contribution >= 4 is 11.6 Å². The number of alkyl halides is 1. The van der Waals surface area contributed by atoms with Crippen molar-refractivity contribution < 1.29 is 5.11 Å². The van der Waals surface area contributed by atoms with E-state index in [1.54, 1.807) is 0 Å². The number of hydrogen-bond acceptors (Lipinski definition) is 2. The average Bonchev–Trinajstić information content (AvgIpc) is 2.26. The largest absolute Gasteiger partial charge is 0.391 e. The van der Waals surface area contributed by atoms with E-state index in [1.807, 2.05) is 18.2 Å². The van der Waals surface area contributed by atoms with E-state index in [1.165, 1.54) is 5.56 Å². The highest BCUT2D eigenvalue weighted by Crippen LogP contribution is 2.10. The van der Waals surface area contributed by atoms with Crippen molar-refractivity contribution in [3.05, 3.63) is 35.9 Å². The smallest absolute Gasteiger partial charge is 0.0799 e. The topological polar surface area (TPSA) is 32.3 Å². The third-order valence-corrected chi connectivity index (χ3v) is 2.49. The highest BCUT2D eigenvalue weighted by atomic mass is 35.5. The first kappa shape index (κ1) is 11.5. The SMILES string of the molecule is C[C@@H](NCC(O)CCl)c1ccccc1. The maximum atomic E-state index is 9.26. The Bertz CT molecular complexity index is 253. The molecule has 1 rings (SSSR count). The molecule has 0 heterocycles. The van der Waals surface area contributed by atoms with Crippen molar-refractivity contribution in [2.24, 2.45) is 0 Å². The molecule has 3 heteroatoms. The van der Waals surface area contributed by atoms with Crippen molar-refractivity contribution in [1.29, 1.82) is 0 Å². The predicted molar refractivity (Wildman–Crippen MR) is 59.6 cm³/mol. The summed E-state index contributed by atoms with van der Waals surface area (Å²) < 4.78 is 0. The molecule has 14 heavy (non-hydrogen) atoms. The summed E-state index contributed by atoms with van der Waals surface area (Å²) in [4.78, 5) is 0. The second-order valence-electron chi connectivity index (χ2n) is 3.35. The molecule has 2 atom stereocenters. The summed E-state index contributed by atoms with van der Waals surface area (Å²) >= 11 is 5.49. The number of halogens is 1. The van der Waals surface area contributed by atoms with Crippen molar-refractivity contribution in [2.45, 2.75) is 19.1 Å². The molecule has 0 aliphatic heterocycles. The van der Waals surface area contributed by atoms with Gasteiger partial charge in [-0.2, -0.15) is 0 Å². The second kappa shape index (κ2) is 6.02. The van der Waals surface area contributed by atoms with Gasteiger partial charge in [0, 0.05) is 18.5 Å². The Kier molecular flexibility index (Phi) is 4.94. The Balaban J connectivity index is 2.39. The quantitative estimate of drug-likeness (QED) is 0.733. The maximum Gasteiger partial charge on any atom is 0.0799 e. The fourth-order valence-electron chi connectivity index (χ4n) is 1.23. The van der Waals surface area contributed by atoms with E-state index in [0.29, 0.717) is 6.54 Å². The van der Waals surface area contributed by atoms with E-state index in [4.69, 9.17) is 11.6 Å². The molecule has 1 aromatic carbocycles. The van der Waals surface area contributed by atoms with Crippen LogP contribution in [-0.4, -0.2) is 23.6 Å². The highest BCUT2D eigenvalue weighted by molar-refractivity contribution is 6.18. The molecule has 0 spiro atoms. The van der Waals surface area contributed by atoms with Crippen LogP contribution in [0.1, 0.15) is 18.5 Å². The predicted octanol–water partition coefficient (Wildman–Crippen LogP) is 1.94. The summed E-state index contributed by atoms with van der Waals surface area (Å²) in [5.74, 6) is 0.272. The lowest BCUT2D eigenvalue weighted by Gasteiger charge is -2.15. The lowest BCUT2D eigenvalue weighted by atomic mass is 10.1. The Morgan fingerprint density at radius 1 is 1.36 bits per heavy atom. The zero-order valence-corrected chi connectivity index (χ0v) is 9.04. The van der Waals surface area contributed by atoms with Gasteiger partial charge in [-0.15, -0.1) is 11.6 Å². The van der Waals surface area contributed by atoms with Crippen LogP contribution in [0.4, 0.5) is 0 Å². The molecule has 0 amide bonds. The fraction of sp³-hybridized carbons (Fsp3) is 0.455. The molecular formula is C11H16ClNO. The molecule has 0 bridgehead atoms. The standard InChI is InChI=1S/C11H16ClNO/c1-9(13-8-11(14)7-12)10-5-3-2-4-6-10/h2-6,9,11,13-14H,7-8H2,1H3/t9-,11?/m1/s1. The Hall–Kier alpha value is -0.570. The summed E-state index contributed by atoms with van der Waals surface area (Å²) in [7, 11) is 0. The van der Waals surface area contributed by atoms with Gasteiger partial charge in [0.2, 0.25) is 0 Å². The third kappa shape index (κ3) is 3.66. The van der Waals surface area contributed by atoms with Gasteiger partial charge in [0.05, 0.1) is 6.10 Å². The van der Waals surface area contributed by atoms with Crippen LogP contribution in [0.2, 0.25) is 0 Å². The van der Waals surface area contributed by atoms with Crippen molar-refractivity contribution in [3.63, 3.8) is 0 Å². The monoisotopic (exact) mass is 213 g/mol. The Morgan fingerprint density at radius 2 is 2.00 bits per heavy atom. The Labute approximate surface area is 89.9 Å². The lowest BCUT2D eigenvalue weighted by Crippen LogP contribution is -2.29. The summed E-state index contributed by atoms with van der Waals surface area (Å²) in [6.45, 7) is 2.59. The molecule has 1 unspecified atom stereocenters. The summed E-state index contributed by atoms with van der Waals surface area (Å²) in [6.07, 6.45) is -0.470. The summed E-state index contributed by atoms with van der Waals surface area (Å²) in [5.41, 5.74) is 1.22. The minimum Gasteiger partial charge on any atom is -0.391 e. The molecule has 2 N–H and O–H groups in total. The Morgan fingerprint density at radius 3 is 2.57 bits per heavy atom. The van der Waals surface area contributed by atoms with Gasteiger partial charge in [-0.05, 0) is 12.5 Å². The van der Waals surface area contributed by atoms with Gasteiger partial charge in [0.15, 0.2) is 0 Å². The third-order valence-electron chi connectivity index (χ3n) is 2.14. The fourth-order valence-corrected chi connectivity index (χ4v) is 1.34. The molecule has 0 fully saturated rings. The van der Waals surface area contributed by atoms with Crippen molar-refractivity contribution in [1.82, 2.24) is 5.32 Å². The summed E-state index contributed by atoms with van der Waals surface area (Å²) in [5, 5.41) is 12.5. The van der Waals surface area contributed by atoms with Gasteiger partial charge in [-0.1, -0.05) is 30.3 Å². The molecule has 0 radical (unpaired) electrons. The van der Waals surface area contributed by atoms with E-state index < -0.39 is 6.10 Å². The van der Waals surface area contributed by atoms with E-state index in [9.17, 15) is 5.11 Å². The molecule has 2 nitrogen and oxygen atoms in total. The number of rotatable bonds is 5. The van der Waals surface area contributed by atoms with Crippen molar-refractivity contribution in [2.75, 3.05) is 12.4 Å². The molecule has 0 saturated heterocycles. The van der Waals surface area contributed by atoms with Crippen LogP contribution in [-0.2, 0) is 0 Å². The van der Waals surface area contributed by atoms with Crippen LogP contribution in [0, 0.1) is 0 Å². The number of nitrogens with one attached hydrogen (secondary N) is 1. The van der Waals surface area contributed by atoms with E-state index in [2.05, 4.69) is 24.4 Å². The van der Waals surface area contributed by atoms with Crippen LogP contribution in [0.15, 0.2) is 30.3 Å². The minimum absolute atomic E-state index is 0.245. The molecule has 78 valence electrons. The van der Waals surface area contributed by atoms with Crippen LogP contribution in [0.25, 0.3) is 0 Å². The van der Waals surface area contributed by atoms with Gasteiger partial charge in [0.25, 0.3) is 0 Å². The van der Waals surface area contributed by atoms with Crippen molar-refractivity contribution in [3.8, 4) is 0 Å². The number of aliphatic hydroxyl groups excluding tert-OH is 1. The van der Waals surface area contributed by atoms with Crippen LogP contribution in [0.3, 0.4) is 0 Å². The van der Waals surface area contributed by atoms with Crippen LogP contribution >= 0.6 is 11.6 Å². The molecular weight excluding hydrogens is 198 g/mol. The van der Waals surface area contributed by atoms with Gasteiger partial charge in [-0.25, -0.2) is 0 Å². The first-order valence-corrected chi connectivity index (χ1v) is 5.30. The van der Waals surface area contributed by atoms with E-state index in [0.717, 1.165) is 0 Å². The van der Waals surface area contributed by atoms with Crippen LogP contribution in [0.5, 0.6) is 0 Å². The molecule has 0 aliphatic carbocycles. The van der Waals surface area contributed by atoms with Gasteiger partial charge >= 0.3 is 0 Å². The number of aliphatic hydroxyl groups is 1. The zero-order valence-electron chi connectivity index (χ0n) is 8.28. The molecule has 0 aliphatic rings. The minimum atomic E-state index is -0.470. The zero-order chi connectivity index (χ0) is 10.4. The van der Waals surface area contributed by atoms with Gasteiger partial charge < -0.3 is 10.4 Å². The average molecular weight is 214 g/mol. The van der Waals surface area contributed by atoms with E-state index in [-0.39, 0.29) is 11.9 Å². The number of hydrogen-bond donors (Lipinski definition) is 2. The first-order chi connectivity index (χ1) is 6.74. The molecule has 0 saturated carbocycles. The van der Waals surface area contributed by atoms with Crippen LogP contribution < -0.4 is 5.32 Å².